The molecule has 3 heterocycles. The number of nitrogens with zero attached hydrogens (tertiary/aromatic N) is 5. The topological polar surface area (TPSA) is 100 Å². The first kappa shape index (κ1) is 26.5. The lowest BCUT2D eigenvalue weighted by atomic mass is 10.1. The average molecular weight is 567 g/mol. The van der Waals surface area contributed by atoms with Gasteiger partial charge in [0.25, 0.3) is 10.0 Å². The van der Waals surface area contributed by atoms with E-state index in [0.717, 1.165) is 48.5 Å². The summed E-state index contributed by atoms with van der Waals surface area (Å²) in [6.45, 7) is 6.57. The van der Waals surface area contributed by atoms with Crippen LogP contribution in [-0.2, 0) is 14.8 Å². The summed E-state index contributed by atoms with van der Waals surface area (Å²) in [6.07, 6.45) is 3.29. The molecule has 2 aromatic heterocycles. The van der Waals surface area contributed by atoms with E-state index in [1.165, 1.54) is 3.97 Å². The Morgan fingerprint density at radius 3 is 2.29 bits per heavy atom. The Hall–Kier alpha value is -4.70. The summed E-state index contributed by atoms with van der Waals surface area (Å²) in [5.74, 6) is 0.521. The predicted molar refractivity (Wildman–Crippen MR) is 161 cm³/mol. The zero-order valence-corrected chi connectivity index (χ0v) is 23.7. The molecule has 6 rings (SSSR count). The van der Waals surface area contributed by atoms with Gasteiger partial charge in [-0.2, -0.15) is 0 Å². The Morgan fingerprint density at radius 2 is 1.59 bits per heavy atom. The number of carbonyl (C=O) groups excluding carboxylic acids is 1. The number of hydrogen-bond donors (Lipinski definition) is 1. The van der Waals surface area contributed by atoms with Crippen molar-refractivity contribution in [2.24, 2.45) is 0 Å². The molecule has 1 fully saturated rings. The van der Waals surface area contributed by atoms with Gasteiger partial charge in [0.2, 0.25) is 11.9 Å². The fraction of sp³-hybridized carbons (Fsp3) is 0.194. The lowest BCUT2D eigenvalue weighted by Gasteiger charge is -2.35. The Balaban J connectivity index is 1.26. The highest BCUT2D eigenvalue weighted by Crippen LogP contribution is 2.33. The van der Waals surface area contributed by atoms with Crippen molar-refractivity contribution >= 4 is 44.2 Å². The van der Waals surface area contributed by atoms with E-state index in [4.69, 9.17) is 4.98 Å². The molecule has 0 aliphatic carbocycles. The maximum Gasteiger partial charge on any atom is 0.268 e. The molecule has 0 radical (unpaired) electrons. The Kier molecular flexibility index (Phi) is 6.92. The highest BCUT2D eigenvalue weighted by Gasteiger charge is 2.22. The number of hydrogen-bond acceptors (Lipinski definition) is 7. The van der Waals surface area contributed by atoms with E-state index in [1.54, 1.807) is 55.7 Å². The molecule has 0 unspecified atom stereocenters. The smallest absolute Gasteiger partial charge is 0.268 e. The minimum Gasteiger partial charge on any atom is -0.368 e. The Bertz CT molecular complexity index is 1820. The second-order valence-electron chi connectivity index (χ2n) is 10.1. The van der Waals surface area contributed by atoms with Gasteiger partial charge in [-0.05, 0) is 55.5 Å². The van der Waals surface area contributed by atoms with Gasteiger partial charge < -0.3 is 15.1 Å². The van der Waals surface area contributed by atoms with Crippen LogP contribution in [-0.4, -0.2) is 59.3 Å². The van der Waals surface area contributed by atoms with E-state index in [9.17, 15) is 13.2 Å². The number of para-hydroxylation sites is 1. The van der Waals surface area contributed by atoms with Crippen molar-refractivity contribution in [3.05, 3.63) is 96.8 Å². The van der Waals surface area contributed by atoms with Gasteiger partial charge in [0.1, 0.15) is 0 Å². The average Bonchev–Trinajstić information content (AvgIpc) is 3.39. The molecular formula is C31H30N6O3S. The van der Waals surface area contributed by atoms with Crippen molar-refractivity contribution in [3.8, 4) is 11.3 Å². The summed E-state index contributed by atoms with van der Waals surface area (Å²) in [5, 5.41) is 4.04. The molecule has 0 spiro atoms. The van der Waals surface area contributed by atoms with E-state index in [0.29, 0.717) is 22.7 Å². The molecule has 5 aromatic rings. The second kappa shape index (κ2) is 10.7. The van der Waals surface area contributed by atoms with Crippen molar-refractivity contribution in [2.75, 3.05) is 36.4 Å². The van der Waals surface area contributed by atoms with E-state index in [-0.39, 0.29) is 10.8 Å². The number of carbonyl (C=O) groups is 1. The largest absolute Gasteiger partial charge is 0.368 e. The second-order valence-corrected chi connectivity index (χ2v) is 11.9. The maximum absolute atomic E-state index is 13.6. The van der Waals surface area contributed by atoms with Crippen molar-refractivity contribution in [1.29, 1.82) is 0 Å². The highest BCUT2D eigenvalue weighted by atomic mass is 32.2. The van der Waals surface area contributed by atoms with Crippen LogP contribution in [0.4, 0.5) is 17.3 Å². The fourth-order valence-electron chi connectivity index (χ4n) is 5.11. The molecule has 3 aromatic carbocycles. The Morgan fingerprint density at radius 1 is 0.878 bits per heavy atom. The van der Waals surface area contributed by atoms with Crippen LogP contribution < -0.4 is 10.2 Å². The number of aromatic nitrogens is 3. The lowest BCUT2D eigenvalue weighted by Crippen LogP contribution is -2.48. The van der Waals surface area contributed by atoms with Crippen LogP contribution in [0.1, 0.15) is 12.5 Å². The van der Waals surface area contributed by atoms with Crippen molar-refractivity contribution in [1.82, 2.24) is 18.8 Å². The van der Waals surface area contributed by atoms with Crippen LogP contribution in [0.25, 0.3) is 22.2 Å². The van der Waals surface area contributed by atoms with Crippen LogP contribution in [0.2, 0.25) is 0 Å². The first-order valence-electron chi connectivity index (χ1n) is 13.4. The first-order valence-corrected chi connectivity index (χ1v) is 14.9. The molecule has 1 amide bonds. The van der Waals surface area contributed by atoms with Crippen LogP contribution in [0.15, 0.2) is 96.2 Å². The molecule has 1 aliphatic heterocycles. The van der Waals surface area contributed by atoms with Gasteiger partial charge in [-0.25, -0.2) is 22.4 Å². The normalized spacial score (nSPS) is 13.9. The van der Waals surface area contributed by atoms with E-state index >= 15 is 0 Å². The summed E-state index contributed by atoms with van der Waals surface area (Å²) >= 11 is 0. The first-order chi connectivity index (χ1) is 19.8. The standard InChI is InChI=1S/C31H30N6O3S/c1-22-7-13-26(14-8-22)41(39,40)37-21-28(27-5-3-4-6-30(27)37)29-15-16-32-31(34-29)33-24-9-11-25(12-10-24)36-19-17-35(18-20-36)23(2)38/h3-16,21H,17-20H2,1-2H3,(H,32,33,34). The van der Waals surface area contributed by atoms with E-state index < -0.39 is 10.0 Å². The zero-order chi connectivity index (χ0) is 28.6. The van der Waals surface area contributed by atoms with Gasteiger partial charge in [0, 0.05) is 67.8 Å². The monoisotopic (exact) mass is 566 g/mol. The van der Waals surface area contributed by atoms with Gasteiger partial charge >= 0.3 is 0 Å². The zero-order valence-electron chi connectivity index (χ0n) is 22.9. The summed E-state index contributed by atoms with van der Waals surface area (Å²) in [6, 6.07) is 24.1. The third kappa shape index (κ3) is 5.26. The van der Waals surface area contributed by atoms with Gasteiger partial charge in [-0.15, -0.1) is 0 Å². The van der Waals surface area contributed by atoms with Crippen molar-refractivity contribution in [3.63, 3.8) is 0 Å². The molecule has 9 nitrogen and oxygen atoms in total. The number of benzene rings is 3. The third-order valence-corrected chi connectivity index (χ3v) is 9.09. The quantitative estimate of drug-likeness (QED) is 0.307. The van der Waals surface area contributed by atoms with E-state index in [1.807, 2.05) is 54.3 Å². The van der Waals surface area contributed by atoms with E-state index in [2.05, 4.69) is 15.2 Å². The number of fused-ring (bicyclic) bond motifs is 1. The van der Waals surface area contributed by atoms with Gasteiger partial charge in [-0.3, -0.25) is 4.79 Å². The fourth-order valence-corrected chi connectivity index (χ4v) is 6.48. The van der Waals surface area contributed by atoms with Crippen LogP contribution >= 0.6 is 0 Å². The SMILES string of the molecule is CC(=O)N1CCN(c2ccc(Nc3nccc(-c4cn(S(=O)(=O)c5ccc(C)cc5)c5ccccc45)n3)cc2)CC1. The summed E-state index contributed by atoms with van der Waals surface area (Å²) in [4.78, 5) is 25.1. The molecule has 1 N–H and O–H groups in total. The van der Waals surface area contributed by atoms with Crippen LogP contribution in [0, 0.1) is 6.92 Å². The Labute approximate surface area is 239 Å². The lowest BCUT2D eigenvalue weighted by molar-refractivity contribution is -0.129. The van der Waals surface area contributed by atoms with Gasteiger partial charge in [0.05, 0.1) is 16.1 Å². The number of piperazine rings is 1. The molecule has 1 saturated heterocycles. The number of aryl methyl sites for hydroxylation is 1. The number of anilines is 3. The van der Waals surface area contributed by atoms with Gasteiger partial charge in [-0.1, -0.05) is 35.9 Å². The predicted octanol–water partition coefficient (Wildman–Crippen LogP) is 5.06. The van der Waals surface area contributed by atoms with Crippen LogP contribution in [0.5, 0.6) is 0 Å². The number of rotatable bonds is 6. The molecular weight excluding hydrogens is 536 g/mol. The highest BCUT2D eigenvalue weighted by molar-refractivity contribution is 7.90. The number of amides is 1. The molecule has 0 bridgehead atoms. The van der Waals surface area contributed by atoms with Crippen molar-refractivity contribution < 1.29 is 13.2 Å². The molecule has 0 atom stereocenters. The van der Waals surface area contributed by atoms with Crippen LogP contribution in [0.3, 0.4) is 0 Å². The summed E-state index contributed by atoms with van der Waals surface area (Å²) in [5.41, 5.74) is 4.80. The molecule has 41 heavy (non-hydrogen) atoms. The molecule has 1 aliphatic rings. The molecule has 208 valence electrons. The maximum atomic E-state index is 13.6. The molecule has 10 heteroatoms. The van der Waals surface area contributed by atoms with Crippen molar-refractivity contribution in [2.45, 2.75) is 18.7 Å². The number of nitrogens with one attached hydrogen (secondary N) is 1. The summed E-state index contributed by atoms with van der Waals surface area (Å²) in [7, 11) is -3.81. The summed E-state index contributed by atoms with van der Waals surface area (Å²) < 4.78 is 28.5. The minimum absolute atomic E-state index is 0.115. The molecule has 0 saturated carbocycles. The minimum atomic E-state index is -3.81. The third-order valence-electron chi connectivity index (χ3n) is 7.40. The van der Waals surface area contributed by atoms with Gasteiger partial charge in [0.15, 0.2) is 0 Å².